The van der Waals surface area contributed by atoms with Gasteiger partial charge in [-0.3, -0.25) is 4.72 Å². The van der Waals surface area contributed by atoms with Gasteiger partial charge in [0, 0.05) is 6.54 Å². The number of sulfonamides is 1. The number of hydrogen-bond acceptors (Lipinski definition) is 4. The lowest BCUT2D eigenvalue weighted by molar-refractivity contribution is 0.599. The molecule has 0 fully saturated rings. The summed E-state index contributed by atoms with van der Waals surface area (Å²) in [6.07, 6.45) is 2.61. The standard InChI is InChI=1S/C16H20FN3O2S/c1-12(2)9-10-18-14-5-8-16(19-11-14)20-23(21,22)15-6-3-13(17)4-7-15/h3-8,11-12,18H,9-10H2,1-2H3,(H,19,20). The Morgan fingerprint density at radius 2 is 1.83 bits per heavy atom. The van der Waals surface area contributed by atoms with Gasteiger partial charge in [0.25, 0.3) is 10.0 Å². The highest BCUT2D eigenvalue weighted by Crippen LogP contribution is 2.16. The molecule has 5 nitrogen and oxygen atoms in total. The van der Waals surface area contributed by atoms with Gasteiger partial charge in [-0.05, 0) is 48.7 Å². The van der Waals surface area contributed by atoms with E-state index in [1.807, 2.05) is 0 Å². The normalized spacial score (nSPS) is 11.5. The Morgan fingerprint density at radius 1 is 1.13 bits per heavy atom. The van der Waals surface area contributed by atoms with E-state index in [0.29, 0.717) is 5.92 Å². The Morgan fingerprint density at radius 3 is 2.39 bits per heavy atom. The van der Waals surface area contributed by atoms with E-state index in [1.165, 1.54) is 12.1 Å². The summed E-state index contributed by atoms with van der Waals surface area (Å²) in [6, 6.07) is 7.96. The molecule has 0 atom stereocenters. The quantitative estimate of drug-likeness (QED) is 0.811. The van der Waals surface area contributed by atoms with Gasteiger partial charge < -0.3 is 5.32 Å². The van der Waals surface area contributed by atoms with E-state index in [4.69, 9.17) is 0 Å². The molecule has 2 rings (SSSR count). The summed E-state index contributed by atoms with van der Waals surface area (Å²) < 4.78 is 39.5. The van der Waals surface area contributed by atoms with Gasteiger partial charge in [0.1, 0.15) is 11.6 Å². The summed E-state index contributed by atoms with van der Waals surface area (Å²) in [6.45, 7) is 5.13. The molecular formula is C16H20FN3O2S. The Kier molecular flexibility index (Phi) is 5.54. The molecule has 1 aromatic heterocycles. The lowest BCUT2D eigenvalue weighted by Crippen LogP contribution is -2.14. The molecule has 2 N–H and O–H groups in total. The molecule has 0 amide bonds. The van der Waals surface area contributed by atoms with Crippen LogP contribution in [0.15, 0.2) is 47.5 Å². The number of anilines is 2. The van der Waals surface area contributed by atoms with Crippen LogP contribution in [0.1, 0.15) is 20.3 Å². The van der Waals surface area contributed by atoms with Crippen molar-refractivity contribution < 1.29 is 12.8 Å². The van der Waals surface area contributed by atoms with Gasteiger partial charge in [0.2, 0.25) is 0 Å². The van der Waals surface area contributed by atoms with Crippen LogP contribution in [-0.2, 0) is 10.0 Å². The summed E-state index contributed by atoms with van der Waals surface area (Å²) in [5.41, 5.74) is 0.829. The third-order valence-corrected chi connectivity index (χ3v) is 4.55. The maximum atomic E-state index is 12.9. The fourth-order valence-electron chi connectivity index (χ4n) is 1.87. The largest absolute Gasteiger partial charge is 0.384 e. The first-order chi connectivity index (χ1) is 10.9. The number of benzene rings is 1. The van der Waals surface area contributed by atoms with Crippen LogP contribution in [0, 0.1) is 11.7 Å². The first-order valence-corrected chi connectivity index (χ1v) is 8.83. The summed E-state index contributed by atoms with van der Waals surface area (Å²) in [4.78, 5) is 4.06. The van der Waals surface area contributed by atoms with Gasteiger partial charge in [0.05, 0.1) is 16.8 Å². The summed E-state index contributed by atoms with van der Waals surface area (Å²) in [7, 11) is -3.77. The van der Waals surface area contributed by atoms with Crippen LogP contribution in [-0.4, -0.2) is 19.9 Å². The van der Waals surface area contributed by atoms with Crippen LogP contribution >= 0.6 is 0 Å². The molecule has 2 aromatic rings. The molecule has 0 saturated carbocycles. The molecule has 124 valence electrons. The highest BCUT2D eigenvalue weighted by molar-refractivity contribution is 7.92. The van der Waals surface area contributed by atoms with E-state index in [-0.39, 0.29) is 10.7 Å². The van der Waals surface area contributed by atoms with Gasteiger partial charge in [-0.2, -0.15) is 0 Å². The predicted molar refractivity (Wildman–Crippen MR) is 89.4 cm³/mol. The lowest BCUT2D eigenvalue weighted by Gasteiger charge is -2.10. The zero-order valence-electron chi connectivity index (χ0n) is 13.1. The zero-order chi connectivity index (χ0) is 16.9. The highest BCUT2D eigenvalue weighted by Gasteiger charge is 2.14. The van der Waals surface area contributed by atoms with Crippen molar-refractivity contribution >= 4 is 21.5 Å². The van der Waals surface area contributed by atoms with Crippen LogP contribution in [0.3, 0.4) is 0 Å². The number of hydrogen-bond donors (Lipinski definition) is 2. The van der Waals surface area contributed by atoms with Gasteiger partial charge in [0.15, 0.2) is 0 Å². The number of aromatic nitrogens is 1. The number of nitrogens with zero attached hydrogens (tertiary/aromatic N) is 1. The maximum absolute atomic E-state index is 12.9. The van der Waals surface area contributed by atoms with E-state index in [9.17, 15) is 12.8 Å². The lowest BCUT2D eigenvalue weighted by atomic mass is 10.1. The molecule has 0 aliphatic heterocycles. The molecular weight excluding hydrogens is 317 g/mol. The van der Waals surface area contributed by atoms with Crippen molar-refractivity contribution in [3.63, 3.8) is 0 Å². The second-order valence-corrected chi connectivity index (χ2v) is 7.28. The minimum Gasteiger partial charge on any atom is -0.384 e. The minimum absolute atomic E-state index is 0.0140. The second kappa shape index (κ2) is 7.41. The summed E-state index contributed by atoms with van der Waals surface area (Å²) >= 11 is 0. The first-order valence-electron chi connectivity index (χ1n) is 7.35. The van der Waals surface area contributed by atoms with Crippen molar-refractivity contribution in [3.8, 4) is 0 Å². The Labute approximate surface area is 136 Å². The van der Waals surface area contributed by atoms with Gasteiger partial charge in [-0.15, -0.1) is 0 Å². The predicted octanol–water partition coefficient (Wildman–Crippen LogP) is 3.48. The molecule has 1 aromatic carbocycles. The van der Waals surface area contributed by atoms with Crippen molar-refractivity contribution in [1.29, 1.82) is 0 Å². The van der Waals surface area contributed by atoms with Crippen molar-refractivity contribution in [2.45, 2.75) is 25.2 Å². The van der Waals surface area contributed by atoms with Crippen LogP contribution in [0.4, 0.5) is 15.9 Å². The average molecular weight is 337 g/mol. The third kappa shape index (κ3) is 5.21. The summed E-state index contributed by atoms with van der Waals surface area (Å²) in [5, 5.41) is 3.22. The van der Waals surface area contributed by atoms with Gasteiger partial charge in [-0.1, -0.05) is 13.8 Å². The van der Waals surface area contributed by atoms with E-state index in [1.54, 1.807) is 18.3 Å². The number of nitrogens with one attached hydrogen (secondary N) is 2. The Hall–Kier alpha value is -2.15. The third-order valence-electron chi connectivity index (χ3n) is 3.18. The molecule has 7 heteroatoms. The van der Waals surface area contributed by atoms with Crippen molar-refractivity contribution in [3.05, 3.63) is 48.4 Å². The molecule has 0 aliphatic rings. The SMILES string of the molecule is CC(C)CCNc1ccc(NS(=O)(=O)c2ccc(F)cc2)nc1. The Balaban J connectivity index is 2.01. The summed E-state index contributed by atoms with van der Waals surface area (Å²) in [5.74, 6) is 0.333. The van der Waals surface area contributed by atoms with Crippen LogP contribution in [0.2, 0.25) is 0 Å². The number of halogens is 1. The number of rotatable bonds is 7. The minimum atomic E-state index is -3.77. The Bertz CT molecular complexity index is 729. The molecule has 0 spiro atoms. The van der Waals surface area contributed by atoms with Crippen molar-refractivity contribution in [1.82, 2.24) is 4.98 Å². The molecule has 0 saturated heterocycles. The van der Waals surface area contributed by atoms with E-state index in [0.717, 1.165) is 30.8 Å². The smallest absolute Gasteiger partial charge is 0.263 e. The molecule has 0 unspecified atom stereocenters. The van der Waals surface area contributed by atoms with Crippen LogP contribution in [0.5, 0.6) is 0 Å². The molecule has 0 radical (unpaired) electrons. The zero-order valence-corrected chi connectivity index (χ0v) is 13.9. The van der Waals surface area contributed by atoms with Crippen LogP contribution in [0.25, 0.3) is 0 Å². The fraction of sp³-hybridized carbons (Fsp3) is 0.312. The van der Waals surface area contributed by atoms with E-state index < -0.39 is 15.8 Å². The van der Waals surface area contributed by atoms with E-state index >= 15 is 0 Å². The molecule has 23 heavy (non-hydrogen) atoms. The average Bonchev–Trinajstić information content (AvgIpc) is 2.49. The van der Waals surface area contributed by atoms with Crippen molar-refractivity contribution in [2.75, 3.05) is 16.6 Å². The van der Waals surface area contributed by atoms with Crippen molar-refractivity contribution in [2.24, 2.45) is 5.92 Å². The highest BCUT2D eigenvalue weighted by atomic mass is 32.2. The number of pyridine rings is 1. The maximum Gasteiger partial charge on any atom is 0.263 e. The topological polar surface area (TPSA) is 71.1 Å². The van der Waals surface area contributed by atoms with Gasteiger partial charge >= 0.3 is 0 Å². The van der Waals surface area contributed by atoms with Crippen LogP contribution < -0.4 is 10.0 Å². The van der Waals surface area contributed by atoms with Gasteiger partial charge in [-0.25, -0.2) is 17.8 Å². The fourth-order valence-corrected chi connectivity index (χ4v) is 2.88. The molecule has 0 aliphatic carbocycles. The van der Waals surface area contributed by atoms with E-state index in [2.05, 4.69) is 28.9 Å². The first kappa shape index (κ1) is 17.2. The second-order valence-electron chi connectivity index (χ2n) is 5.60. The monoisotopic (exact) mass is 337 g/mol. The molecule has 0 bridgehead atoms. The molecule has 1 heterocycles.